The van der Waals surface area contributed by atoms with Crippen LogP contribution in [0.15, 0.2) is 24.3 Å². The van der Waals surface area contributed by atoms with Crippen LogP contribution >= 0.6 is 0 Å². The molecule has 0 spiro atoms. The zero-order chi connectivity index (χ0) is 11.8. The van der Waals surface area contributed by atoms with E-state index in [0.717, 1.165) is 6.07 Å². The number of benzene rings is 1. The first-order valence-corrected chi connectivity index (χ1v) is 5.28. The third kappa shape index (κ3) is 2.55. The van der Waals surface area contributed by atoms with Crippen molar-refractivity contribution in [2.24, 2.45) is 0 Å². The molecule has 1 aliphatic rings. The lowest BCUT2D eigenvalue weighted by Crippen LogP contribution is -2.12. The maximum Gasteiger partial charge on any atom is 0.416 e. The van der Waals surface area contributed by atoms with Crippen LogP contribution in [0.4, 0.5) is 13.2 Å². The Bertz CT molecular complexity index is 380. The first-order valence-electron chi connectivity index (χ1n) is 5.28. The quantitative estimate of drug-likeness (QED) is 0.845. The molecule has 1 fully saturated rings. The van der Waals surface area contributed by atoms with Crippen molar-refractivity contribution >= 4 is 0 Å². The first kappa shape index (κ1) is 11.5. The van der Waals surface area contributed by atoms with E-state index in [1.54, 1.807) is 6.07 Å². The van der Waals surface area contributed by atoms with E-state index in [2.05, 4.69) is 0 Å². The fraction of sp³-hybridized carbons (Fsp3) is 0.500. The van der Waals surface area contributed by atoms with E-state index in [9.17, 15) is 18.3 Å². The monoisotopic (exact) mass is 230 g/mol. The summed E-state index contributed by atoms with van der Waals surface area (Å²) >= 11 is 0. The second kappa shape index (κ2) is 3.77. The molecule has 0 radical (unpaired) electrons. The average molecular weight is 230 g/mol. The van der Waals surface area contributed by atoms with Gasteiger partial charge in [-0.1, -0.05) is 18.2 Å². The molecule has 0 aliphatic heterocycles. The number of aryl methyl sites for hydroxylation is 1. The Hall–Kier alpha value is -1.03. The Kier molecular flexibility index (Phi) is 2.70. The SMILES string of the molecule is OC1(CCc2ccccc2C(F)(F)F)CC1. The van der Waals surface area contributed by atoms with Crippen molar-refractivity contribution in [3.8, 4) is 0 Å². The lowest BCUT2D eigenvalue weighted by molar-refractivity contribution is -0.138. The molecule has 0 unspecified atom stereocenters. The molecule has 1 nitrogen and oxygen atoms in total. The minimum Gasteiger partial charge on any atom is -0.390 e. The summed E-state index contributed by atoms with van der Waals surface area (Å²) in [7, 11) is 0. The second-order valence-electron chi connectivity index (χ2n) is 4.38. The molecule has 0 saturated heterocycles. The Morgan fingerprint density at radius 3 is 2.38 bits per heavy atom. The van der Waals surface area contributed by atoms with Gasteiger partial charge in [-0.2, -0.15) is 13.2 Å². The molecule has 2 rings (SSSR count). The van der Waals surface area contributed by atoms with E-state index >= 15 is 0 Å². The van der Waals surface area contributed by atoms with Crippen molar-refractivity contribution in [1.29, 1.82) is 0 Å². The van der Waals surface area contributed by atoms with Crippen molar-refractivity contribution in [3.63, 3.8) is 0 Å². The van der Waals surface area contributed by atoms with Crippen LogP contribution in [0.5, 0.6) is 0 Å². The van der Waals surface area contributed by atoms with Gasteiger partial charge in [-0.15, -0.1) is 0 Å². The van der Waals surface area contributed by atoms with Crippen LogP contribution in [0.1, 0.15) is 30.4 Å². The molecule has 0 heterocycles. The van der Waals surface area contributed by atoms with Gasteiger partial charge in [0.25, 0.3) is 0 Å². The molecular formula is C12H13F3O. The van der Waals surface area contributed by atoms with Crippen molar-refractivity contribution in [2.45, 2.75) is 37.5 Å². The van der Waals surface area contributed by atoms with E-state index in [0.29, 0.717) is 19.3 Å². The number of alkyl halides is 3. The fourth-order valence-corrected chi connectivity index (χ4v) is 1.78. The summed E-state index contributed by atoms with van der Waals surface area (Å²) in [5, 5.41) is 9.60. The van der Waals surface area contributed by atoms with Crippen LogP contribution < -0.4 is 0 Å². The lowest BCUT2D eigenvalue weighted by Gasteiger charge is -2.13. The zero-order valence-corrected chi connectivity index (χ0v) is 8.72. The summed E-state index contributed by atoms with van der Waals surface area (Å²) in [5.74, 6) is 0. The third-order valence-corrected chi connectivity index (χ3v) is 3.01. The zero-order valence-electron chi connectivity index (χ0n) is 8.72. The van der Waals surface area contributed by atoms with Crippen LogP contribution in [0.25, 0.3) is 0 Å². The highest BCUT2D eigenvalue weighted by atomic mass is 19.4. The minimum absolute atomic E-state index is 0.273. The predicted octanol–water partition coefficient (Wildman–Crippen LogP) is 3.16. The van der Waals surface area contributed by atoms with Crippen molar-refractivity contribution in [2.75, 3.05) is 0 Å². The molecule has 88 valence electrons. The highest BCUT2D eigenvalue weighted by molar-refractivity contribution is 5.30. The second-order valence-corrected chi connectivity index (χ2v) is 4.38. The van der Waals surface area contributed by atoms with Gasteiger partial charge in [0, 0.05) is 0 Å². The van der Waals surface area contributed by atoms with Gasteiger partial charge in [0.1, 0.15) is 0 Å². The summed E-state index contributed by atoms with van der Waals surface area (Å²) in [6.45, 7) is 0. The minimum atomic E-state index is -4.30. The highest BCUT2D eigenvalue weighted by Gasteiger charge is 2.40. The highest BCUT2D eigenvalue weighted by Crippen LogP contribution is 2.40. The van der Waals surface area contributed by atoms with Gasteiger partial charge >= 0.3 is 6.18 Å². The molecule has 1 saturated carbocycles. The molecule has 4 heteroatoms. The molecule has 1 aromatic rings. The maximum atomic E-state index is 12.6. The normalized spacial score (nSPS) is 18.5. The molecule has 1 aliphatic carbocycles. The van der Waals surface area contributed by atoms with Gasteiger partial charge in [0.05, 0.1) is 11.2 Å². The van der Waals surface area contributed by atoms with Gasteiger partial charge in [-0.3, -0.25) is 0 Å². The average Bonchev–Trinajstić information content (AvgIpc) is 2.94. The van der Waals surface area contributed by atoms with Crippen LogP contribution in [-0.2, 0) is 12.6 Å². The molecular weight excluding hydrogens is 217 g/mol. The van der Waals surface area contributed by atoms with Gasteiger partial charge in [-0.05, 0) is 37.3 Å². The van der Waals surface area contributed by atoms with Crippen molar-refractivity contribution in [1.82, 2.24) is 0 Å². The van der Waals surface area contributed by atoms with E-state index in [-0.39, 0.29) is 12.0 Å². The summed E-state index contributed by atoms with van der Waals surface area (Å²) in [6, 6.07) is 5.56. The molecule has 16 heavy (non-hydrogen) atoms. The number of rotatable bonds is 3. The Morgan fingerprint density at radius 2 is 1.81 bits per heavy atom. The molecule has 0 atom stereocenters. The van der Waals surface area contributed by atoms with Gasteiger partial charge in [-0.25, -0.2) is 0 Å². The molecule has 1 aromatic carbocycles. The van der Waals surface area contributed by atoms with Crippen LogP contribution in [0, 0.1) is 0 Å². The summed E-state index contributed by atoms with van der Waals surface area (Å²) in [4.78, 5) is 0. The first-order chi connectivity index (χ1) is 7.41. The van der Waals surface area contributed by atoms with Crippen LogP contribution in [-0.4, -0.2) is 10.7 Å². The Labute approximate surface area is 91.9 Å². The smallest absolute Gasteiger partial charge is 0.390 e. The van der Waals surface area contributed by atoms with E-state index in [1.807, 2.05) is 0 Å². The van der Waals surface area contributed by atoms with Crippen molar-refractivity contribution < 1.29 is 18.3 Å². The topological polar surface area (TPSA) is 20.2 Å². The van der Waals surface area contributed by atoms with Gasteiger partial charge in [0.2, 0.25) is 0 Å². The standard InChI is InChI=1S/C12H13F3O/c13-12(14,15)10-4-2-1-3-9(10)5-6-11(16)7-8-11/h1-4,16H,5-8H2. The fourth-order valence-electron chi connectivity index (χ4n) is 1.78. The molecule has 0 bridgehead atoms. The van der Waals surface area contributed by atoms with E-state index < -0.39 is 17.3 Å². The van der Waals surface area contributed by atoms with Gasteiger partial charge < -0.3 is 5.11 Å². The van der Waals surface area contributed by atoms with Crippen LogP contribution in [0.3, 0.4) is 0 Å². The van der Waals surface area contributed by atoms with E-state index in [4.69, 9.17) is 0 Å². The summed E-state index contributed by atoms with van der Waals surface area (Å²) in [5.41, 5.74) is -1.01. The van der Waals surface area contributed by atoms with Gasteiger partial charge in [0.15, 0.2) is 0 Å². The Balaban J connectivity index is 2.13. The number of aliphatic hydroxyl groups is 1. The van der Waals surface area contributed by atoms with Crippen LogP contribution in [0.2, 0.25) is 0 Å². The third-order valence-electron chi connectivity index (χ3n) is 3.01. The van der Waals surface area contributed by atoms with Crippen molar-refractivity contribution in [3.05, 3.63) is 35.4 Å². The number of hydrogen-bond acceptors (Lipinski definition) is 1. The predicted molar refractivity (Wildman–Crippen MR) is 53.9 cm³/mol. The summed E-state index contributed by atoms with van der Waals surface area (Å²) < 4.78 is 37.9. The molecule has 0 amide bonds. The molecule has 0 aromatic heterocycles. The number of halogens is 3. The Morgan fingerprint density at radius 1 is 1.19 bits per heavy atom. The number of hydrogen-bond donors (Lipinski definition) is 1. The summed E-state index contributed by atoms with van der Waals surface area (Å²) in [6.07, 6.45) is -2.18. The lowest BCUT2D eigenvalue weighted by atomic mass is 10.00. The maximum absolute atomic E-state index is 12.6. The molecule has 1 N–H and O–H groups in total. The largest absolute Gasteiger partial charge is 0.416 e. The van der Waals surface area contributed by atoms with E-state index in [1.165, 1.54) is 12.1 Å².